The third kappa shape index (κ3) is 4.47. The molecule has 1 amide bonds. The number of hydrogen-bond acceptors (Lipinski definition) is 4. The molecule has 0 aliphatic heterocycles. The molecule has 5 heteroatoms. The molecule has 5 nitrogen and oxygen atoms in total. The summed E-state index contributed by atoms with van der Waals surface area (Å²) in [5.74, 6) is 1.26. The van der Waals surface area contributed by atoms with Crippen molar-refractivity contribution in [1.82, 2.24) is 5.32 Å². The molecule has 0 aromatic heterocycles. The van der Waals surface area contributed by atoms with Gasteiger partial charge in [-0.05, 0) is 29.8 Å². The van der Waals surface area contributed by atoms with Gasteiger partial charge in [0, 0.05) is 30.8 Å². The Bertz CT molecular complexity index is 653. The monoisotopic (exact) mass is 315 g/mol. The predicted octanol–water partition coefficient (Wildman–Crippen LogP) is 2.78. The summed E-state index contributed by atoms with van der Waals surface area (Å²) in [5, 5.41) is 2.89. The van der Waals surface area contributed by atoms with E-state index in [2.05, 4.69) is 5.32 Å². The summed E-state index contributed by atoms with van der Waals surface area (Å²) in [6.45, 7) is 0.913. The standard InChI is InChI=1S/C18H21NO4/c1-21-12-13-4-6-14(7-5-13)18(20)19-11-15-8-9-16(22-2)10-17(15)23-3/h4-10H,11-12H2,1-3H3,(H,19,20). The van der Waals surface area contributed by atoms with Crippen LogP contribution in [0.2, 0.25) is 0 Å². The van der Waals surface area contributed by atoms with Gasteiger partial charge in [0.2, 0.25) is 0 Å². The van der Waals surface area contributed by atoms with E-state index in [1.165, 1.54) is 0 Å². The maximum absolute atomic E-state index is 12.2. The molecule has 0 saturated heterocycles. The van der Waals surface area contributed by atoms with Gasteiger partial charge in [0.15, 0.2) is 0 Å². The number of carbonyl (C=O) groups is 1. The Morgan fingerprint density at radius 1 is 1.00 bits per heavy atom. The molecule has 0 atom stereocenters. The van der Waals surface area contributed by atoms with Crippen LogP contribution in [0.1, 0.15) is 21.5 Å². The summed E-state index contributed by atoms with van der Waals surface area (Å²) >= 11 is 0. The van der Waals surface area contributed by atoms with Crippen molar-refractivity contribution in [3.05, 3.63) is 59.2 Å². The molecule has 0 radical (unpaired) electrons. The van der Waals surface area contributed by atoms with Crippen molar-refractivity contribution in [3.8, 4) is 11.5 Å². The van der Waals surface area contributed by atoms with E-state index >= 15 is 0 Å². The van der Waals surface area contributed by atoms with Gasteiger partial charge in [0.05, 0.1) is 20.8 Å². The largest absolute Gasteiger partial charge is 0.497 e. The van der Waals surface area contributed by atoms with Crippen molar-refractivity contribution in [3.63, 3.8) is 0 Å². The number of rotatable bonds is 7. The summed E-state index contributed by atoms with van der Waals surface area (Å²) in [7, 11) is 4.83. The first-order valence-electron chi connectivity index (χ1n) is 7.25. The highest BCUT2D eigenvalue weighted by Crippen LogP contribution is 2.24. The van der Waals surface area contributed by atoms with Crippen molar-refractivity contribution >= 4 is 5.91 Å². The Morgan fingerprint density at radius 3 is 2.35 bits per heavy atom. The molecule has 1 N–H and O–H groups in total. The number of nitrogens with one attached hydrogen (secondary N) is 1. The molecule has 0 heterocycles. The lowest BCUT2D eigenvalue weighted by molar-refractivity contribution is 0.0950. The Balaban J connectivity index is 2.01. The average molecular weight is 315 g/mol. The SMILES string of the molecule is COCc1ccc(C(=O)NCc2ccc(OC)cc2OC)cc1. The van der Waals surface area contributed by atoms with Crippen molar-refractivity contribution < 1.29 is 19.0 Å². The van der Waals surface area contributed by atoms with E-state index in [0.717, 1.165) is 11.1 Å². The fraction of sp³-hybridized carbons (Fsp3) is 0.278. The van der Waals surface area contributed by atoms with E-state index in [4.69, 9.17) is 14.2 Å². The average Bonchev–Trinajstić information content (AvgIpc) is 2.60. The van der Waals surface area contributed by atoms with E-state index in [9.17, 15) is 4.79 Å². The molecular weight excluding hydrogens is 294 g/mol. The number of hydrogen-bond donors (Lipinski definition) is 1. The van der Waals surface area contributed by atoms with E-state index < -0.39 is 0 Å². The van der Waals surface area contributed by atoms with Crippen molar-refractivity contribution in [2.45, 2.75) is 13.2 Å². The Hall–Kier alpha value is -2.53. The molecule has 2 rings (SSSR count). The molecule has 0 spiro atoms. The van der Waals surface area contributed by atoms with Crippen LogP contribution in [0.15, 0.2) is 42.5 Å². The fourth-order valence-corrected chi connectivity index (χ4v) is 2.19. The minimum absolute atomic E-state index is 0.133. The highest BCUT2D eigenvalue weighted by molar-refractivity contribution is 5.94. The third-order valence-corrected chi connectivity index (χ3v) is 3.46. The molecule has 0 fully saturated rings. The first-order chi connectivity index (χ1) is 11.2. The van der Waals surface area contributed by atoms with Crippen LogP contribution in [-0.4, -0.2) is 27.2 Å². The van der Waals surface area contributed by atoms with E-state index in [0.29, 0.717) is 30.2 Å². The van der Waals surface area contributed by atoms with Gasteiger partial charge >= 0.3 is 0 Å². The lowest BCUT2D eigenvalue weighted by Gasteiger charge is -2.11. The minimum Gasteiger partial charge on any atom is -0.497 e. The summed E-state index contributed by atoms with van der Waals surface area (Å²) in [5.41, 5.74) is 2.52. The zero-order valence-electron chi connectivity index (χ0n) is 13.6. The van der Waals surface area contributed by atoms with Crippen molar-refractivity contribution in [1.29, 1.82) is 0 Å². The number of carbonyl (C=O) groups excluding carboxylic acids is 1. The summed E-state index contributed by atoms with van der Waals surface area (Å²) in [6, 6.07) is 12.8. The number of methoxy groups -OCH3 is 3. The zero-order chi connectivity index (χ0) is 16.7. The van der Waals surface area contributed by atoms with Crippen molar-refractivity contribution in [2.24, 2.45) is 0 Å². The topological polar surface area (TPSA) is 56.8 Å². The second-order valence-electron chi connectivity index (χ2n) is 4.99. The van der Waals surface area contributed by atoms with Crippen LogP contribution in [0, 0.1) is 0 Å². The highest BCUT2D eigenvalue weighted by atomic mass is 16.5. The van der Waals surface area contributed by atoms with Crippen LogP contribution in [-0.2, 0) is 17.9 Å². The third-order valence-electron chi connectivity index (χ3n) is 3.46. The summed E-state index contributed by atoms with van der Waals surface area (Å²) < 4.78 is 15.5. The Labute approximate surface area is 136 Å². The van der Waals surface area contributed by atoms with Crippen LogP contribution in [0.25, 0.3) is 0 Å². The second kappa shape index (κ2) is 8.19. The maximum Gasteiger partial charge on any atom is 0.251 e. The van der Waals surface area contributed by atoms with Gasteiger partial charge in [0.1, 0.15) is 11.5 Å². The molecule has 0 unspecified atom stereocenters. The maximum atomic E-state index is 12.2. The second-order valence-corrected chi connectivity index (χ2v) is 4.99. The molecule has 2 aromatic rings. The quantitative estimate of drug-likeness (QED) is 0.853. The molecule has 2 aromatic carbocycles. The number of amides is 1. The van der Waals surface area contributed by atoms with E-state index in [1.807, 2.05) is 24.3 Å². The molecule has 122 valence electrons. The van der Waals surface area contributed by atoms with Crippen LogP contribution < -0.4 is 14.8 Å². The van der Waals surface area contributed by atoms with Gasteiger partial charge in [-0.3, -0.25) is 4.79 Å². The minimum atomic E-state index is -0.133. The predicted molar refractivity (Wildman–Crippen MR) is 87.9 cm³/mol. The van der Waals surface area contributed by atoms with Crippen LogP contribution in [0.3, 0.4) is 0 Å². The van der Waals surface area contributed by atoms with Crippen LogP contribution in [0.4, 0.5) is 0 Å². The summed E-state index contributed by atoms with van der Waals surface area (Å²) in [4.78, 5) is 12.2. The van der Waals surface area contributed by atoms with Gasteiger partial charge in [-0.15, -0.1) is 0 Å². The normalized spacial score (nSPS) is 10.2. The molecule has 0 saturated carbocycles. The smallest absolute Gasteiger partial charge is 0.251 e. The fourth-order valence-electron chi connectivity index (χ4n) is 2.19. The van der Waals surface area contributed by atoms with Gasteiger partial charge in [-0.2, -0.15) is 0 Å². The zero-order valence-corrected chi connectivity index (χ0v) is 13.6. The van der Waals surface area contributed by atoms with Crippen LogP contribution in [0.5, 0.6) is 11.5 Å². The molecule has 0 bridgehead atoms. The Kier molecular flexibility index (Phi) is 6.00. The van der Waals surface area contributed by atoms with Crippen molar-refractivity contribution in [2.75, 3.05) is 21.3 Å². The lowest BCUT2D eigenvalue weighted by atomic mass is 10.1. The highest BCUT2D eigenvalue weighted by Gasteiger charge is 2.09. The summed E-state index contributed by atoms with van der Waals surface area (Å²) in [6.07, 6.45) is 0. The molecule has 0 aliphatic carbocycles. The van der Waals surface area contributed by atoms with Gasteiger partial charge in [-0.25, -0.2) is 0 Å². The van der Waals surface area contributed by atoms with Gasteiger partial charge in [0.25, 0.3) is 5.91 Å². The van der Waals surface area contributed by atoms with Crippen LogP contribution >= 0.6 is 0 Å². The molecule has 23 heavy (non-hydrogen) atoms. The van der Waals surface area contributed by atoms with E-state index in [-0.39, 0.29) is 5.91 Å². The van der Waals surface area contributed by atoms with Gasteiger partial charge < -0.3 is 19.5 Å². The van der Waals surface area contributed by atoms with E-state index in [1.54, 1.807) is 39.5 Å². The lowest BCUT2D eigenvalue weighted by Crippen LogP contribution is -2.23. The number of ether oxygens (including phenoxy) is 3. The molecule has 0 aliphatic rings. The molecular formula is C18H21NO4. The number of benzene rings is 2. The first-order valence-corrected chi connectivity index (χ1v) is 7.25. The van der Waals surface area contributed by atoms with Gasteiger partial charge in [-0.1, -0.05) is 12.1 Å². The Morgan fingerprint density at radius 2 is 1.74 bits per heavy atom. The first kappa shape index (κ1) is 16.8.